The van der Waals surface area contributed by atoms with Crippen LogP contribution in [0.25, 0.3) is 11.6 Å². The number of hydrogen-bond donors (Lipinski definition) is 1. The molecule has 0 atom stereocenters. The van der Waals surface area contributed by atoms with Gasteiger partial charge in [-0.3, -0.25) is 14.8 Å². The first-order chi connectivity index (χ1) is 13.4. The summed E-state index contributed by atoms with van der Waals surface area (Å²) in [6.45, 7) is 4.29. The Hall–Kier alpha value is -3.05. The molecule has 28 heavy (non-hydrogen) atoms. The van der Waals surface area contributed by atoms with Crippen LogP contribution in [0.3, 0.4) is 0 Å². The lowest BCUT2D eigenvalue weighted by molar-refractivity contribution is 0.102. The Morgan fingerprint density at radius 1 is 1.14 bits per heavy atom. The number of carbonyl (C=O) groups is 1. The molecule has 0 saturated carbocycles. The third-order valence-corrected chi connectivity index (χ3v) is 6.21. The molecule has 148 valence electrons. The zero-order chi connectivity index (χ0) is 20.3. The fourth-order valence-corrected chi connectivity index (χ4v) is 4.08. The summed E-state index contributed by atoms with van der Waals surface area (Å²) in [4.78, 5) is 12.5. The first kappa shape index (κ1) is 19.7. The third-order valence-electron chi connectivity index (χ3n) is 4.15. The van der Waals surface area contributed by atoms with E-state index in [1.165, 1.54) is 28.6 Å². The van der Waals surface area contributed by atoms with Gasteiger partial charge in [0.25, 0.3) is 11.8 Å². The average Bonchev–Trinajstić information content (AvgIpc) is 3.31. The van der Waals surface area contributed by atoms with Gasteiger partial charge in [-0.15, -0.1) is 5.10 Å². The van der Waals surface area contributed by atoms with Gasteiger partial charge in [0.1, 0.15) is 5.69 Å². The van der Waals surface area contributed by atoms with Gasteiger partial charge in [-0.1, -0.05) is 18.9 Å². The van der Waals surface area contributed by atoms with Gasteiger partial charge in [-0.2, -0.15) is 9.40 Å². The summed E-state index contributed by atoms with van der Waals surface area (Å²) in [7, 11) is -1.85. The second-order valence-corrected chi connectivity index (χ2v) is 7.76. The second kappa shape index (κ2) is 7.90. The Morgan fingerprint density at radius 3 is 2.39 bits per heavy atom. The summed E-state index contributed by atoms with van der Waals surface area (Å²) in [6, 6.07) is 7.30. The molecule has 0 radical (unpaired) electrons. The summed E-state index contributed by atoms with van der Waals surface area (Å²) < 4.78 is 33.3. The van der Waals surface area contributed by atoms with E-state index in [2.05, 4.69) is 20.6 Å². The molecule has 1 aromatic carbocycles. The number of benzene rings is 1. The summed E-state index contributed by atoms with van der Waals surface area (Å²) in [5.74, 6) is -0.275. The molecule has 3 aromatic rings. The lowest BCUT2D eigenvalue weighted by Crippen LogP contribution is -2.30. The van der Waals surface area contributed by atoms with Crippen molar-refractivity contribution < 1.29 is 17.6 Å². The van der Waals surface area contributed by atoms with Crippen LogP contribution in [0.2, 0.25) is 0 Å². The summed E-state index contributed by atoms with van der Waals surface area (Å²) in [6.07, 6.45) is 1.59. The molecule has 0 aliphatic carbocycles. The van der Waals surface area contributed by atoms with E-state index in [1.807, 2.05) is 0 Å². The zero-order valence-corrected chi connectivity index (χ0v) is 16.5. The largest absolute Gasteiger partial charge is 0.401 e. The van der Waals surface area contributed by atoms with Crippen molar-refractivity contribution in [3.63, 3.8) is 0 Å². The quantitative estimate of drug-likeness (QED) is 0.636. The van der Waals surface area contributed by atoms with Crippen LogP contribution in [0, 0.1) is 0 Å². The first-order valence-corrected chi connectivity index (χ1v) is 10.0. The number of carbonyl (C=O) groups excluding carboxylic acids is 1. The lowest BCUT2D eigenvalue weighted by Gasteiger charge is -2.18. The summed E-state index contributed by atoms with van der Waals surface area (Å²) >= 11 is 0. The van der Waals surface area contributed by atoms with Crippen molar-refractivity contribution in [1.82, 2.24) is 24.3 Å². The highest BCUT2D eigenvalue weighted by Crippen LogP contribution is 2.20. The molecule has 0 spiro atoms. The van der Waals surface area contributed by atoms with E-state index < -0.39 is 15.9 Å². The average molecular weight is 404 g/mol. The lowest BCUT2D eigenvalue weighted by atomic mass is 10.2. The minimum absolute atomic E-state index is 0.0685. The van der Waals surface area contributed by atoms with Crippen LogP contribution in [0.15, 0.2) is 45.8 Å². The molecule has 0 aliphatic heterocycles. The predicted octanol–water partition coefficient (Wildman–Crippen LogP) is 1.75. The number of sulfonamides is 1. The van der Waals surface area contributed by atoms with Crippen LogP contribution in [0.5, 0.6) is 0 Å². The van der Waals surface area contributed by atoms with Crippen LogP contribution in [-0.4, -0.2) is 51.7 Å². The van der Waals surface area contributed by atoms with E-state index in [0.29, 0.717) is 18.8 Å². The SMILES string of the molecule is CCN(CC)S(=O)(=O)c1ccc(C(=O)Nc2nnc(-c3ccnn3C)o2)cc1. The molecular weight excluding hydrogens is 384 g/mol. The van der Waals surface area contributed by atoms with E-state index in [9.17, 15) is 13.2 Å². The van der Waals surface area contributed by atoms with E-state index >= 15 is 0 Å². The van der Waals surface area contributed by atoms with Crippen molar-refractivity contribution in [3.05, 3.63) is 42.1 Å². The molecule has 2 aromatic heterocycles. The van der Waals surface area contributed by atoms with Crippen molar-refractivity contribution in [3.8, 4) is 11.6 Å². The van der Waals surface area contributed by atoms with Gasteiger partial charge in [0.2, 0.25) is 10.0 Å². The molecule has 0 bridgehead atoms. The topological polar surface area (TPSA) is 123 Å². The van der Waals surface area contributed by atoms with Gasteiger partial charge in [-0.25, -0.2) is 8.42 Å². The van der Waals surface area contributed by atoms with Gasteiger partial charge >= 0.3 is 6.01 Å². The molecule has 0 saturated heterocycles. The maximum absolute atomic E-state index is 12.5. The molecular formula is C17H20N6O4S. The number of aryl methyl sites for hydroxylation is 1. The van der Waals surface area contributed by atoms with E-state index in [4.69, 9.17) is 4.42 Å². The fraction of sp³-hybridized carbons (Fsp3) is 0.294. The van der Waals surface area contributed by atoms with Crippen LogP contribution in [-0.2, 0) is 17.1 Å². The molecule has 0 aliphatic rings. The van der Waals surface area contributed by atoms with Gasteiger partial charge in [0, 0.05) is 31.9 Å². The highest BCUT2D eigenvalue weighted by atomic mass is 32.2. The van der Waals surface area contributed by atoms with E-state index in [-0.39, 0.29) is 22.4 Å². The zero-order valence-electron chi connectivity index (χ0n) is 15.7. The third kappa shape index (κ3) is 3.80. The van der Waals surface area contributed by atoms with Crippen molar-refractivity contribution >= 4 is 21.9 Å². The summed E-state index contributed by atoms with van der Waals surface area (Å²) in [5, 5.41) is 14.2. The Morgan fingerprint density at radius 2 is 1.82 bits per heavy atom. The second-order valence-electron chi connectivity index (χ2n) is 5.82. The van der Waals surface area contributed by atoms with Gasteiger partial charge < -0.3 is 4.42 Å². The molecule has 0 fully saturated rings. The number of hydrogen-bond acceptors (Lipinski definition) is 7. The number of aromatic nitrogens is 4. The molecule has 11 heteroatoms. The van der Waals surface area contributed by atoms with Crippen LogP contribution in [0.4, 0.5) is 6.01 Å². The minimum Gasteiger partial charge on any atom is -0.401 e. The van der Waals surface area contributed by atoms with Gasteiger partial charge in [-0.05, 0) is 30.3 Å². The smallest absolute Gasteiger partial charge is 0.322 e. The highest BCUT2D eigenvalue weighted by Gasteiger charge is 2.22. The van der Waals surface area contributed by atoms with Crippen LogP contribution >= 0.6 is 0 Å². The highest BCUT2D eigenvalue weighted by molar-refractivity contribution is 7.89. The van der Waals surface area contributed by atoms with Gasteiger partial charge in [0.15, 0.2) is 0 Å². The van der Waals surface area contributed by atoms with Crippen molar-refractivity contribution in [2.75, 3.05) is 18.4 Å². The molecule has 0 unspecified atom stereocenters. The molecule has 1 N–H and O–H groups in total. The monoisotopic (exact) mass is 404 g/mol. The Kier molecular flexibility index (Phi) is 5.56. The number of anilines is 1. The molecule has 2 heterocycles. The van der Waals surface area contributed by atoms with Crippen LogP contribution in [0.1, 0.15) is 24.2 Å². The Labute approximate surface area is 162 Å². The maximum atomic E-state index is 12.5. The predicted molar refractivity (Wildman–Crippen MR) is 101 cm³/mol. The van der Waals surface area contributed by atoms with Crippen LogP contribution < -0.4 is 5.32 Å². The Balaban J connectivity index is 1.74. The number of nitrogens with one attached hydrogen (secondary N) is 1. The fourth-order valence-electron chi connectivity index (χ4n) is 2.62. The number of nitrogens with zero attached hydrogens (tertiary/aromatic N) is 5. The van der Waals surface area contributed by atoms with E-state index in [0.717, 1.165) is 0 Å². The first-order valence-electron chi connectivity index (χ1n) is 8.60. The van der Waals surface area contributed by atoms with Crippen molar-refractivity contribution in [2.45, 2.75) is 18.7 Å². The summed E-state index contributed by atoms with van der Waals surface area (Å²) in [5.41, 5.74) is 0.873. The minimum atomic E-state index is -3.58. The maximum Gasteiger partial charge on any atom is 0.322 e. The molecule has 3 rings (SSSR count). The van der Waals surface area contributed by atoms with Crippen molar-refractivity contribution in [1.29, 1.82) is 0 Å². The van der Waals surface area contributed by atoms with Gasteiger partial charge in [0.05, 0.1) is 4.90 Å². The molecule has 10 nitrogen and oxygen atoms in total. The van der Waals surface area contributed by atoms with Crippen molar-refractivity contribution in [2.24, 2.45) is 7.05 Å². The standard InChI is InChI=1S/C17H20N6O4S/c1-4-23(5-2)28(25,26)13-8-6-12(7-9-13)15(24)19-17-21-20-16(27-17)14-10-11-18-22(14)3/h6-11H,4-5H2,1-3H3,(H,19,21,24). The molecule has 1 amide bonds. The Bertz CT molecular complexity index is 1070. The number of amides is 1. The number of rotatable bonds is 7. The van der Waals surface area contributed by atoms with E-state index in [1.54, 1.807) is 37.8 Å². The normalized spacial score (nSPS) is 11.7.